The van der Waals surface area contributed by atoms with E-state index < -0.39 is 0 Å². The molecular formula is C19H29N3. The Labute approximate surface area is 135 Å². The van der Waals surface area contributed by atoms with Crippen LogP contribution in [0.2, 0.25) is 0 Å². The number of nitrogens with two attached hydrogens (primary N) is 1. The quantitative estimate of drug-likeness (QED) is 0.560. The van der Waals surface area contributed by atoms with E-state index in [1.165, 1.54) is 24.1 Å². The van der Waals surface area contributed by atoms with E-state index in [0.717, 1.165) is 51.3 Å². The highest BCUT2D eigenvalue weighted by atomic mass is 15.1. The summed E-state index contributed by atoms with van der Waals surface area (Å²) in [5.41, 5.74) is 9.71. The van der Waals surface area contributed by atoms with Crippen LogP contribution in [0, 0.1) is 0 Å². The Hall–Kier alpha value is -1.74. The molecule has 0 aromatic heterocycles. The van der Waals surface area contributed by atoms with E-state index in [-0.39, 0.29) is 0 Å². The first-order valence-corrected chi connectivity index (χ1v) is 8.32. The summed E-state index contributed by atoms with van der Waals surface area (Å²) >= 11 is 0. The third-order valence-corrected chi connectivity index (χ3v) is 4.25. The highest BCUT2D eigenvalue weighted by Crippen LogP contribution is 2.27. The van der Waals surface area contributed by atoms with Gasteiger partial charge in [-0.2, -0.15) is 0 Å². The van der Waals surface area contributed by atoms with E-state index in [2.05, 4.69) is 41.2 Å². The molecule has 1 aliphatic rings. The van der Waals surface area contributed by atoms with Crippen LogP contribution in [0.15, 0.2) is 43.5 Å². The zero-order valence-corrected chi connectivity index (χ0v) is 13.6. The number of nitrogens with zero attached hydrogens (tertiary/aromatic N) is 2. The van der Waals surface area contributed by atoms with Gasteiger partial charge in [0, 0.05) is 26.2 Å². The maximum atomic E-state index is 6.25. The SMILES string of the molecule is C=CCN(CC=C)CCCc1ccc(N2CCCC2)c(N)c1. The van der Waals surface area contributed by atoms with E-state index in [4.69, 9.17) is 5.73 Å². The van der Waals surface area contributed by atoms with Crippen molar-refractivity contribution in [3.05, 3.63) is 49.1 Å². The van der Waals surface area contributed by atoms with E-state index in [1.807, 2.05) is 12.2 Å². The van der Waals surface area contributed by atoms with Crippen LogP contribution in [-0.2, 0) is 6.42 Å². The largest absolute Gasteiger partial charge is 0.397 e. The third-order valence-electron chi connectivity index (χ3n) is 4.25. The summed E-state index contributed by atoms with van der Waals surface area (Å²) in [4.78, 5) is 4.75. The predicted molar refractivity (Wildman–Crippen MR) is 97.5 cm³/mol. The van der Waals surface area contributed by atoms with Gasteiger partial charge < -0.3 is 10.6 Å². The minimum atomic E-state index is 0.919. The lowest BCUT2D eigenvalue weighted by Gasteiger charge is -2.21. The van der Waals surface area contributed by atoms with Crippen molar-refractivity contribution in [1.82, 2.24) is 4.90 Å². The molecule has 1 saturated heterocycles. The monoisotopic (exact) mass is 299 g/mol. The number of rotatable bonds is 9. The summed E-state index contributed by atoms with van der Waals surface area (Å²) in [7, 11) is 0. The molecule has 1 aromatic carbocycles. The molecule has 2 N–H and O–H groups in total. The summed E-state index contributed by atoms with van der Waals surface area (Å²) in [6, 6.07) is 6.58. The van der Waals surface area contributed by atoms with Gasteiger partial charge in [0.2, 0.25) is 0 Å². The van der Waals surface area contributed by atoms with Crippen LogP contribution in [0.5, 0.6) is 0 Å². The predicted octanol–water partition coefficient (Wildman–Crippen LogP) is 3.48. The van der Waals surface area contributed by atoms with Gasteiger partial charge in [-0.3, -0.25) is 4.90 Å². The minimum Gasteiger partial charge on any atom is -0.397 e. The number of nitrogen functional groups attached to an aromatic ring is 1. The molecular weight excluding hydrogens is 270 g/mol. The zero-order valence-electron chi connectivity index (χ0n) is 13.6. The van der Waals surface area contributed by atoms with Gasteiger partial charge in [0.05, 0.1) is 11.4 Å². The lowest BCUT2D eigenvalue weighted by molar-refractivity contribution is 0.330. The summed E-state index contributed by atoms with van der Waals surface area (Å²) in [5.74, 6) is 0. The van der Waals surface area contributed by atoms with Crippen molar-refractivity contribution in [1.29, 1.82) is 0 Å². The molecule has 1 heterocycles. The Morgan fingerprint density at radius 2 is 1.82 bits per heavy atom. The molecule has 3 heteroatoms. The zero-order chi connectivity index (χ0) is 15.8. The summed E-state index contributed by atoms with van der Waals surface area (Å²) in [6.07, 6.45) is 8.66. The van der Waals surface area contributed by atoms with Crippen molar-refractivity contribution >= 4 is 11.4 Å². The van der Waals surface area contributed by atoms with E-state index in [9.17, 15) is 0 Å². The highest BCUT2D eigenvalue weighted by Gasteiger charge is 2.14. The second-order valence-electron chi connectivity index (χ2n) is 6.03. The fourth-order valence-electron chi connectivity index (χ4n) is 3.13. The second-order valence-corrected chi connectivity index (χ2v) is 6.03. The van der Waals surface area contributed by atoms with Crippen molar-refractivity contribution in [2.75, 3.05) is 43.4 Å². The number of aryl methyl sites for hydroxylation is 1. The number of benzene rings is 1. The maximum Gasteiger partial charge on any atom is 0.0600 e. The summed E-state index contributed by atoms with van der Waals surface area (Å²) < 4.78 is 0. The van der Waals surface area contributed by atoms with Crippen molar-refractivity contribution in [2.45, 2.75) is 25.7 Å². The van der Waals surface area contributed by atoms with Gasteiger partial charge in [-0.15, -0.1) is 13.2 Å². The highest BCUT2D eigenvalue weighted by molar-refractivity contribution is 5.68. The Morgan fingerprint density at radius 1 is 1.14 bits per heavy atom. The first-order chi connectivity index (χ1) is 10.7. The lowest BCUT2D eigenvalue weighted by Crippen LogP contribution is -2.25. The molecule has 2 rings (SSSR count). The van der Waals surface area contributed by atoms with Crippen molar-refractivity contribution in [3.63, 3.8) is 0 Å². The van der Waals surface area contributed by atoms with Gasteiger partial charge in [-0.25, -0.2) is 0 Å². The molecule has 120 valence electrons. The molecule has 0 spiro atoms. The molecule has 22 heavy (non-hydrogen) atoms. The molecule has 0 atom stereocenters. The molecule has 0 aliphatic carbocycles. The van der Waals surface area contributed by atoms with Crippen LogP contribution in [-0.4, -0.2) is 37.6 Å². The summed E-state index contributed by atoms with van der Waals surface area (Å²) in [5, 5.41) is 0. The number of hydrogen-bond acceptors (Lipinski definition) is 3. The first-order valence-electron chi connectivity index (χ1n) is 8.32. The first kappa shape index (κ1) is 16.6. The van der Waals surface area contributed by atoms with Crippen molar-refractivity contribution < 1.29 is 0 Å². The molecule has 0 radical (unpaired) electrons. The molecule has 3 nitrogen and oxygen atoms in total. The fourth-order valence-corrected chi connectivity index (χ4v) is 3.13. The molecule has 1 aliphatic heterocycles. The molecule has 0 amide bonds. The van der Waals surface area contributed by atoms with Crippen LogP contribution in [0.1, 0.15) is 24.8 Å². The van der Waals surface area contributed by atoms with Crippen LogP contribution in [0.25, 0.3) is 0 Å². The second kappa shape index (κ2) is 8.64. The minimum absolute atomic E-state index is 0.919. The number of hydrogen-bond donors (Lipinski definition) is 1. The Balaban J connectivity index is 1.86. The molecule has 0 unspecified atom stereocenters. The molecule has 0 bridgehead atoms. The summed E-state index contributed by atoms with van der Waals surface area (Å²) in [6.45, 7) is 12.8. The normalized spacial score (nSPS) is 14.5. The van der Waals surface area contributed by atoms with Crippen LogP contribution in [0.3, 0.4) is 0 Å². The van der Waals surface area contributed by atoms with Crippen LogP contribution < -0.4 is 10.6 Å². The van der Waals surface area contributed by atoms with Crippen molar-refractivity contribution in [3.8, 4) is 0 Å². The van der Waals surface area contributed by atoms with Crippen molar-refractivity contribution in [2.24, 2.45) is 0 Å². The van der Waals surface area contributed by atoms with Gasteiger partial charge in [0.15, 0.2) is 0 Å². The van der Waals surface area contributed by atoms with Gasteiger partial charge in [0.25, 0.3) is 0 Å². The lowest BCUT2D eigenvalue weighted by atomic mass is 10.1. The molecule has 0 saturated carbocycles. The van der Waals surface area contributed by atoms with E-state index >= 15 is 0 Å². The molecule has 1 aromatic rings. The van der Waals surface area contributed by atoms with Crippen LogP contribution >= 0.6 is 0 Å². The van der Waals surface area contributed by atoms with E-state index in [0.29, 0.717) is 0 Å². The van der Waals surface area contributed by atoms with E-state index in [1.54, 1.807) is 0 Å². The topological polar surface area (TPSA) is 32.5 Å². The molecule has 1 fully saturated rings. The van der Waals surface area contributed by atoms with Gasteiger partial charge in [-0.1, -0.05) is 18.2 Å². The smallest absolute Gasteiger partial charge is 0.0600 e. The fraction of sp³-hybridized carbons (Fsp3) is 0.474. The van der Waals surface area contributed by atoms with Crippen LogP contribution in [0.4, 0.5) is 11.4 Å². The standard InChI is InChI=1S/C19H29N3/c1-3-11-21(12-4-2)13-7-8-17-9-10-19(18(20)16-17)22-14-5-6-15-22/h3-4,9-10,16H,1-2,5-8,11-15,20H2. The van der Waals surface area contributed by atoms with Gasteiger partial charge in [-0.05, 0) is 49.9 Å². The average Bonchev–Trinajstić information content (AvgIpc) is 3.02. The van der Waals surface area contributed by atoms with Gasteiger partial charge in [0.1, 0.15) is 0 Å². The Bertz CT molecular complexity index is 479. The number of anilines is 2. The Kier molecular flexibility index (Phi) is 6.53. The maximum absolute atomic E-state index is 6.25. The average molecular weight is 299 g/mol. The Morgan fingerprint density at radius 3 is 2.41 bits per heavy atom. The third kappa shape index (κ3) is 4.63. The van der Waals surface area contributed by atoms with Gasteiger partial charge >= 0.3 is 0 Å².